The standard InChI is InChI=1S/C23H23FN2O4/c1-13-19(15(3)27)14(2)25-20(13)23(29)30-21(16-7-5-4-6-8-16)22(28)26-18-11-9-17(24)10-12-18/h4-12,15,21,25,27H,1-3H3,(H,26,28)/t15-,21+/m0/s1. The molecule has 2 aromatic carbocycles. The van der Waals surface area contributed by atoms with Crippen LogP contribution in [0.2, 0.25) is 0 Å². The molecule has 6 nitrogen and oxygen atoms in total. The number of halogens is 1. The molecule has 0 bridgehead atoms. The number of rotatable bonds is 6. The van der Waals surface area contributed by atoms with Gasteiger partial charge >= 0.3 is 5.97 Å². The molecule has 0 radical (unpaired) electrons. The first-order valence-corrected chi connectivity index (χ1v) is 9.47. The number of aliphatic hydroxyl groups excluding tert-OH is 1. The number of esters is 1. The van der Waals surface area contributed by atoms with E-state index in [1.54, 1.807) is 51.1 Å². The average Bonchev–Trinajstić information content (AvgIpc) is 3.02. The number of H-pyrrole nitrogens is 1. The van der Waals surface area contributed by atoms with Crippen LogP contribution in [0, 0.1) is 19.7 Å². The molecule has 0 aliphatic heterocycles. The monoisotopic (exact) mass is 410 g/mol. The van der Waals surface area contributed by atoms with E-state index in [2.05, 4.69) is 10.3 Å². The first kappa shape index (κ1) is 21.3. The van der Waals surface area contributed by atoms with Gasteiger partial charge in [-0.1, -0.05) is 30.3 Å². The van der Waals surface area contributed by atoms with Gasteiger partial charge in [-0.3, -0.25) is 4.79 Å². The Hall–Kier alpha value is -3.45. The van der Waals surface area contributed by atoms with E-state index >= 15 is 0 Å². The molecule has 0 saturated carbocycles. The fourth-order valence-corrected chi connectivity index (χ4v) is 3.40. The number of hydrogen-bond donors (Lipinski definition) is 3. The minimum absolute atomic E-state index is 0.180. The van der Waals surface area contributed by atoms with Crippen LogP contribution in [0.1, 0.15) is 52.0 Å². The Bertz CT molecular complexity index is 1040. The highest BCUT2D eigenvalue weighted by Crippen LogP contribution is 2.27. The molecule has 0 fully saturated rings. The summed E-state index contributed by atoms with van der Waals surface area (Å²) in [4.78, 5) is 28.7. The number of carbonyl (C=O) groups is 2. The van der Waals surface area contributed by atoms with E-state index in [9.17, 15) is 19.1 Å². The maximum Gasteiger partial charge on any atom is 0.356 e. The van der Waals surface area contributed by atoms with Crippen molar-refractivity contribution in [1.82, 2.24) is 4.98 Å². The molecule has 156 valence electrons. The van der Waals surface area contributed by atoms with Crippen molar-refractivity contribution in [1.29, 1.82) is 0 Å². The van der Waals surface area contributed by atoms with Crippen LogP contribution in [0.4, 0.5) is 10.1 Å². The Kier molecular flexibility index (Phi) is 6.32. The lowest BCUT2D eigenvalue weighted by Gasteiger charge is -2.18. The van der Waals surface area contributed by atoms with Gasteiger partial charge in [-0.15, -0.1) is 0 Å². The fourth-order valence-electron chi connectivity index (χ4n) is 3.40. The highest BCUT2D eigenvalue weighted by atomic mass is 19.1. The zero-order valence-electron chi connectivity index (χ0n) is 16.9. The van der Waals surface area contributed by atoms with Crippen LogP contribution in [-0.4, -0.2) is 22.0 Å². The number of ether oxygens (including phenoxy) is 1. The fraction of sp³-hybridized carbons (Fsp3) is 0.217. The lowest BCUT2D eigenvalue weighted by Crippen LogP contribution is -2.26. The summed E-state index contributed by atoms with van der Waals surface area (Å²) in [6.07, 6.45) is -1.98. The van der Waals surface area contributed by atoms with E-state index in [0.29, 0.717) is 28.1 Å². The molecule has 0 unspecified atom stereocenters. The number of aromatic amines is 1. The topological polar surface area (TPSA) is 91.4 Å². The van der Waals surface area contributed by atoms with E-state index < -0.39 is 29.9 Å². The van der Waals surface area contributed by atoms with Gasteiger partial charge in [-0.25, -0.2) is 9.18 Å². The molecule has 7 heteroatoms. The number of hydrogen-bond acceptors (Lipinski definition) is 4. The summed E-state index contributed by atoms with van der Waals surface area (Å²) in [5.41, 5.74) is 2.89. The maximum absolute atomic E-state index is 13.1. The Balaban J connectivity index is 1.88. The molecule has 3 N–H and O–H groups in total. The van der Waals surface area contributed by atoms with Crippen molar-refractivity contribution in [2.24, 2.45) is 0 Å². The summed E-state index contributed by atoms with van der Waals surface area (Å²) in [6, 6.07) is 13.9. The molecular formula is C23H23FN2O4. The first-order chi connectivity index (χ1) is 14.3. The first-order valence-electron chi connectivity index (χ1n) is 9.47. The van der Waals surface area contributed by atoms with Crippen molar-refractivity contribution in [2.75, 3.05) is 5.32 Å². The summed E-state index contributed by atoms with van der Waals surface area (Å²) in [7, 11) is 0. The van der Waals surface area contributed by atoms with Gasteiger partial charge in [0.25, 0.3) is 5.91 Å². The second kappa shape index (κ2) is 8.92. The number of aryl methyl sites for hydroxylation is 1. The number of nitrogens with one attached hydrogen (secondary N) is 2. The third-order valence-electron chi connectivity index (χ3n) is 4.79. The summed E-state index contributed by atoms with van der Waals surface area (Å²) in [5, 5.41) is 12.6. The molecule has 0 saturated heterocycles. The summed E-state index contributed by atoms with van der Waals surface area (Å²) < 4.78 is 18.7. The third-order valence-corrected chi connectivity index (χ3v) is 4.79. The molecule has 0 aliphatic carbocycles. The van der Waals surface area contributed by atoms with Gasteiger partial charge in [0.05, 0.1) is 6.10 Å². The SMILES string of the molecule is Cc1[nH]c(C(=O)O[C@@H](C(=O)Nc2ccc(F)cc2)c2ccccc2)c(C)c1[C@H](C)O. The van der Waals surface area contributed by atoms with Crippen molar-refractivity contribution in [3.05, 3.63) is 88.5 Å². The molecule has 3 aromatic rings. The van der Waals surface area contributed by atoms with Crippen LogP contribution in [0.15, 0.2) is 54.6 Å². The number of aliphatic hydroxyl groups is 1. The minimum Gasteiger partial charge on any atom is -0.443 e. The van der Waals surface area contributed by atoms with Crippen LogP contribution in [0.5, 0.6) is 0 Å². The van der Waals surface area contributed by atoms with Gasteiger partial charge in [-0.2, -0.15) is 0 Å². The van der Waals surface area contributed by atoms with Gasteiger partial charge in [0.2, 0.25) is 6.10 Å². The Morgan fingerprint density at radius 3 is 2.27 bits per heavy atom. The Labute approximate surface area is 173 Å². The predicted molar refractivity (Wildman–Crippen MR) is 111 cm³/mol. The molecular weight excluding hydrogens is 387 g/mol. The van der Waals surface area contributed by atoms with Gasteiger partial charge in [0, 0.05) is 22.5 Å². The smallest absolute Gasteiger partial charge is 0.356 e. The van der Waals surface area contributed by atoms with Crippen LogP contribution in [-0.2, 0) is 9.53 Å². The second-order valence-electron chi connectivity index (χ2n) is 7.03. The second-order valence-corrected chi connectivity index (χ2v) is 7.03. The van der Waals surface area contributed by atoms with E-state index in [0.717, 1.165) is 0 Å². The van der Waals surface area contributed by atoms with Crippen molar-refractivity contribution in [2.45, 2.75) is 33.0 Å². The normalized spacial score (nSPS) is 12.8. The van der Waals surface area contributed by atoms with Crippen LogP contribution in [0.3, 0.4) is 0 Å². The summed E-state index contributed by atoms with van der Waals surface area (Å²) >= 11 is 0. The molecule has 3 rings (SSSR count). The van der Waals surface area contributed by atoms with Crippen LogP contribution < -0.4 is 5.32 Å². The Morgan fingerprint density at radius 1 is 1.07 bits per heavy atom. The lowest BCUT2D eigenvalue weighted by molar-refractivity contribution is -0.125. The highest BCUT2D eigenvalue weighted by molar-refractivity contribution is 5.98. The summed E-state index contributed by atoms with van der Waals surface area (Å²) in [5.74, 6) is -1.71. The number of carbonyl (C=O) groups excluding carboxylic acids is 2. The van der Waals surface area contributed by atoms with Crippen molar-refractivity contribution in [3.8, 4) is 0 Å². The molecule has 0 aliphatic rings. The van der Waals surface area contributed by atoms with Gasteiger partial charge in [-0.05, 0) is 50.6 Å². The molecule has 1 heterocycles. The van der Waals surface area contributed by atoms with Gasteiger partial charge in [0.15, 0.2) is 0 Å². The molecule has 0 spiro atoms. The molecule has 30 heavy (non-hydrogen) atoms. The quantitative estimate of drug-likeness (QED) is 0.527. The van der Waals surface area contributed by atoms with Crippen LogP contribution >= 0.6 is 0 Å². The largest absolute Gasteiger partial charge is 0.443 e. The predicted octanol–water partition coefficient (Wildman–Crippen LogP) is 4.36. The highest BCUT2D eigenvalue weighted by Gasteiger charge is 2.28. The van der Waals surface area contributed by atoms with E-state index in [1.807, 2.05) is 0 Å². The number of benzene rings is 2. The van der Waals surface area contributed by atoms with Gasteiger partial charge in [0.1, 0.15) is 11.5 Å². The van der Waals surface area contributed by atoms with Crippen molar-refractivity contribution >= 4 is 17.6 Å². The average molecular weight is 410 g/mol. The van der Waals surface area contributed by atoms with E-state index in [4.69, 9.17) is 4.74 Å². The van der Waals surface area contributed by atoms with Gasteiger partial charge < -0.3 is 20.1 Å². The van der Waals surface area contributed by atoms with Crippen molar-refractivity contribution in [3.63, 3.8) is 0 Å². The molecule has 1 amide bonds. The lowest BCUT2D eigenvalue weighted by atomic mass is 10.1. The molecule has 2 atom stereocenters. The minimum atomic E-state index is -1.22. The Morgan fingerprint density at radius 2 is 1.70 bits per heavy atom. The van der Waals surface area contributed by atoms with E-state index in [-0.39, 0.29) is 5.69 Å². The zero-order valence-corrected chi connectivity index (χ0v) is 16.9. The van der Waals surface area contributed by atoms with Crippen molar-refractivity contribution < 1.29 is 23.8 Å². The van der Waals surface area contributed by atoms with Crippen LogP contribution in [0.25, 0.3) is 0 Å². The molecule has 1 aromatic heterocycles. The number of anilines is 1. The maximum atomic E-state index is 13.1. The number of aromatic nitrogens is 1. The summed E-state index contributed by atoms with van der Waals surface area (Å²) in [6.45, 7) is 5.07. The number of amides is 1. The van der Waals surface area contributed by atoms with E-state index in [1.165, 1.54) is 24.3 Å². The zero-order chi connectivity index (χ0) is 21.8. The third kappa shape index (κ3) is 4.58.